The van der Waals surface area contributed by atoms with Gasteiger partial charge in [0.15, 0.2) is 0 Å². The van der Waals surface area contributed by atoms with Crippen LogP contribution in [0.15, 0.2) is 0 Å². The highest BCUT2D eigenvalue weighted by atomic mass is 16.5. The van der Waals surface area contributed by atoms with Gasteiger partial charge in [-0.15, -0.1) is 0 Å². The van der Waals surface area contributed by atoms with E-state index in [1.165, 1.54) is 0 Å². The Labute approximate surface area is 55.8 Å². The van der Waals surface area contributed by atoms with E-state index >= 15 is 0 Å². The van der Waals surface area contributed by atoms with Gasteiger partial charge in [0.05, 0.1) is 13.2 Å². The van der Waals surface area contributed by atoms with Crippen LogP contribution >= 0.6 is 0 Å². The lowest BCUT2D eigenvalue weighted by Gasteiger charge is -2.10. The van der Waals surface area contributed by atoms with Gasteiger partial charge in [-0.3, -0.25) is 0 Å². The fourth-order valence-corrected chi connectivity index (χ4v) is 0.891. The van der Waals surface area contributed by atoms with E-state index in [-0.39, 0.29) is 0 Å². The molecule has 0 aromatic rings. The van der Waals surface area contributed by atoms with Crippen molar-refractivity contribution in [1.82, 2.24) is 10.6 Å². The van der Waals surface area contributed by atoms with Gasteiger partial charge in [-0.25, -0.2) is 0 Å². The van der Waals surface area contributed by atoms with Gasteiger partial charge in [0.2, 0.25) is 0 Å². The van der Waals surface area contributed by atoms with E-state index in [1.54, 1.807) is 0 Å². The summed E-state index contributed by atoms with van der Waals surface area (Å²) in [6, 6.07) is 0.493. The molecule has 2 N–H and O–H groups in total. The zero-order chi connectivity index (χ0) is 6.53. The van der Waals surface area contributed by atoms with Gasteiger partial charge in [-0.1, -0.05) is 0 Å². The molecule has 0 aromatic heterocycles. The van der Waals surface area contributed by atoms with Crippen molar-refractivity contribution in [2.45, 2.75) is 6.04 Å². The maximum absolute atomic E-state index is 5.27. The highest BCUT2D eigenvalue weighted by Crippen LogP contribution is 1.87. The molecule has 0 radical (unpaired) electrons. The molecule has 1 aliphatic rings. The first-order valence-corrected chi connectivity index (χ1v) is 3.39. The van der Waals surface area contributed by atoms with Crippen molar-refractivity contribution in [3.8, 4) is 0 Å². The molecule has 1 saturated heterocycles. The minimum Gasteiger partial charge on any atom is -0.378 e. The summed E-state index contributed by atoms with van der Waals surface area (Å²) < 4.78 is 5.27. The predicted molar refractivity (Wildman–Crippen MR) is 36.5 cm³/mol. The zero-order valence-corrected chi connectivity index (χ0v) is 5.81. The second-order valence-corrected chi connectivity index (χ2v) is 2.26. The van der Waals surface area contributed by atoms with Crippen molar-refractivity contribution in [3.05, 3.63) is 0 Å². The fraction of sp³-hybridized carbons (Fsp3) is 1.00. The lowest BCUT2D eigenvalue weighted by Crippen LogP contribution is -2.37. The highest BCUT2D eigenvalue weighted by Gasteiger charge is 2.07. The van der Waals surface area contributed by atoms with E-state index in [4.69, 9.17) is 4.74 Å². The molecule has 0 bridgehead atoms. The second kappa shape index (κ2) is 3.82. The summed E-state index contributed by atoms with van der Waals surface area (Å²) in [5, 5.41) is 6.42. The average Bonchev–Trinajstić information content (AvgIpc) is 2.13. The number of nitrogens with one attached hydrogen (secondary N) is 2. The van der Waals surface area contributed by atoms with E-state index in [1.807, 2.05) is 7.05 Å². The van der Waals surface area contributed by atoms with E-state index in [0.29, 0.717) is 6.04 Å². The molecular formula is C6H14N2O. The molecule has 0 amide bonds. The van der Waals surface area contributed by atoms with Crippen LogP contribution in [0.25, 0.3) is 0 Å². The highest BCUT2D eigenvalue weighted by molar-refractivity contribution is 4.68. The molecule has 1 rings (SSSR count). The second-order valence-electron chi connectivity index (χ2n) is 2.26. The Hall–Kier alpha value is -0.120. The van der Waals surface area contributed by atoms with Crippen molar-refractivity contribution < 1.29 is 4.74 Å². The van der Waals surface area contributed by atoms with Crippen LogP contribution in [-0.2, 0) is 4.74 Å². The number of ether oxygens (including phenoxy) is 1. The van der Waals surface area contributed by atoms with Crippen molar-refractivity contribution in [3.63, 3.8) is 0 Å². The number of hydrogen-bond donors (Lipinski definition) is 2. The molecule has 1 heterocycles. The Kier molecular flexibility index (Phi) is 2.97. The first-order valence-electron chi connectivity index (χ1n) is 3.39. The third-order valence-corrected chi connectivity index (χ3v) is 1.54. The molecule has 9 heavy (non-hydrogen) atoms. The van der Waals surface area contributed by atoms with Crippen molar-refractivity contribution in [1.29, 1.82) is 0 Å². The Morgan fingerprint density at radius 1 is 1.67 bits per heavy atom. The molecule has 1 aliphatic heterocycles. The van der Waals surface area contributed by atoms with Crippen molar-refractivity contribution in [2.75, 3.05) is 33.4 Å². The van der Waals surface area contributed by atoms with Crippen LogP contribution in [0.5, 0.6) is 0 Å². The van der Waals surface area contributed by atoms with Crippen molar-refractivity contribution in [2.24, 2.45) is 0 Å². The summed E-state index contributed by atoms with van der Waals surface area (Å²) in [5.74, 6) is 0. The zero-order valence-electron chi connectivity index (χ0n) is 5.81. The van der Waals surface area contributed by atoms with E-state index in [9.17, 15) is 0 Å². The van der Waals surface area contributed by atoms with Crippen LogP contribution in [0.1, 0.15) is 0 Å². The summed E-state index contributed by atoms with van der Waals surface area (Å²) in [6.07, 6.45) is 0. The topological polar surface area (TPSA) is 33.3 Å². The Morgan fingerprint density at radius 3 is 3.33 bits per heavy atom. The van der Waals surface area contributed by atoms with Crippen LogP contribution in [-0.4, -0.2) is 39.4 Å². The van der Waals surface area contributed by atoms with Crippen LogP contribution in [0.3, 0.4) is 0 Å². The minimum atomic E-state index is 0.493. The Bertz CT molecular complexity index is 69.5. The SMILES string of the molecule is CNC1CNCCOC1. The summed E-state index contributed by atoms with van der Waals surface area (Å²) in [7, 11) is 1.96. The van der Waals surface area contributed by atoms with Gasteiger partial charge in [-0.05, 0) is 7.05 Å². The monoisotopic (exact) mass is 130 g/mol. The van der Waals surface area contributed by atoms with E-state index < -0.39 is 0 Å². The lowest BCUT2D eigenvalue weighted by molar-refractivity contribution is 0.135. The first kappa shape index (κ1) is 6.99. The summed E-state index contributed by atoms with van der Waals surface area (Å²) in [4.78, 5) is 0. The molecule has 1 atom stereocenters. The molecule has 1 fully saturated rings. The summed E-state index contributed by atoms with van der Waals surface area (Å²) in [6.45, 7) is 3.69. The standard InChI is InChI=1S/C6H14N2O/c1-7-6-4-8-2-3-9-5-6/h6-8H,2-5H2,1H3. The molecular weight excluding hydrogens is 116 g/mol. The minimum absolute atomic E-state index is 0.493. The summed E-state index contributed by atoms with van der Waals surface area (Å²) >= 11 is 0. The third-order valence-electron chi connectivity index (χ3n) is 1.54. The van der Waals surface area contributed by atoms with Gasteiger partial charge in [0, 0.05) is 19.1 Å². The van der Waals surface area contributed by atoms with Gasteiger partial charge >= 0.3 is 0 Å². The number of hydrogen-bond acceptors (Lipinski definition) is 3. The van der Waals surface area contributed by atoms with Crippen LogP contribution in [0.2, 0.25) is 0 Å². The molecule has 3 nitrogen and oxygen atoms in total. The third kappa shape index (κ3) is 2.30. The predicted octanol–water partition coefficient (Wildman–Crippen LogP) is -0.806. The smallest absolute Gasteiger partial charge is 0.0632 e. The van der Waals surface area contributed by atoms with Crippen molar-refractivity contribution >= 4 is 0 Å². The Balaban J connectivity index is 2.18. The normalized spacial score (nSPS) is 29.7. The maximum atomic E-state index is 5.27. The molecule has 3 heteroatoms. The fourth-order valence-electron chi connectivity index (χ4n) is 0.891. The molecule has 54 valence electrons. The largest absolute Gasteiger partial charge is 0.378 e. The number of likely N-dealkylation sites (N-methyl/N-ethyl adjacent to an activating group) is 1. The molecule has 0 aliphatic carbocycles. The van der Waals surface area contributed by atoms with Crippen LogP contribution in [0, 0.1) is 0 Å². The Morgan fingerprint density at radius 2 is 2.56 bits per heavy atom. The molecule has 0 saturated carbocycles. The van der Waals surface area contributed by atoms with E-state index in [0.717, 1.165) is 26.3 Å². The average molecular weight is 130 g/mol. The molecule has 0 aromatic carbocycles. The molecule has 1 unspecified atom stereocenters. The van der Waals surface area contributed by atoms with Gasteiger partial charge in [-0.2, -0.15) is 0 Å². The molecule has 0 spiro atoms. The lowest BCUT2D eigenvalue weighted by atomic mass is 10.3. The van der Waals surface area contributed by atoms with Gasteiger partial charge in [0.25, 0.3) is 0 Å². The number of rotatable bonds is 1. The summed E-state index contributed by atoms with van der Waals surface area (Å²) in [5.41, 5.74) is 0. The quantitative estimate of drug-likeness (QED) is 0.487. The van der Waals surface area contributed by atoms with Gasteiger partial charge < -0.3 is 15.4 Å². The van der Waals surface area contributed by atoms with E-state index in [2.05, 4.69) is 10.6 Å². The van der Waals surface area contributed by atoms with Crippen LogP contribution < -0.4 is 10.6 Å². The maximum Gasteiger partial charge on any atom is 0.0632 e. The first-order chi connectivity index (χ1) is 4.43. The van der Waals surface area contributed by atoms with Crippen LogP contribution in [0.4, 0.5) is 0 Å². The van der Waals surface area contributed by atoms with Gasteiger partial charge in [0.1, 0.15) is 0 Å².